The molecule has 0 aliphatic heterocycles. The standard InChI is InChI=1S/C23H23F6N3O/c24-18(21(25)26)13-32(12-15-3-6-17(7-4-15)33-23(27,28)29)20-8-5-16(11-19(20)31)22(14-30)9-1-2-10-22/h3-8,11,18,21H,1-2,9-10,12-13,31H2. The zero-order valence-electron chi connectivity index (χ0n) is 17.6. The molecule has 0 spiro atoms. The summed E-state index contributed by atoms with van der Waals surface area (Å²) in [6.07, 6.45) is -7.32. The first-order valence-electron chi connectivity index (χ1n) is 10.4. The molecule has 0 heterocycles. The molecule has 178 valence electrons. The van der Waals surface area contributed by atoms with Crippen LogP contribution in [0.25, 0.3) is 0 Å². The van der Waals surface area contributed by atoms with E-state index in [1.807, 2.05) is 0 Å². The van der Waals surface area contributed by atoms with Gasteiger partial charge >= 0.3 is 6.36 Å². The summed E-state index contributed by atoms with van der Waals surface area (Å²) in [5, 5.41) is 9.69. The molecule has 1 aliphatic carbocycles. The number of nitrogens with zero attached hydrogens (tertiary/aromatic N) is 2. The molecular formula is C23H23F6N3O. The van der Waals surface area contributed by atoms with Crippen molar-refractivity contribution in [3.63, 3.8) is 0 Å². The SMILES string of the molecule is N#CC1(c2ccc(N(Cc3ccc(OC(F)(F)F)cc3)CC(F)C(F)F)c(N)c2)CCCC1. The number of hydrogen-bond donors (Lipinski definition) is 1. The Morgan fingerprint density at radius 3 is 2.21 bits per heavy atom. The molecule has 1 fully saturated rings. The van der Waals surface area contributed by atoms with Crippen LogP contribution in [0.3, 0.4) is 0 Å². The van der Waals surface area contributed by atoms with Gasteiger partial charge in [0.25, 0.3) is 6.43 Å². The number of alkyl halides is 6. The summed E-state index contributed by atoms with van der Waals surface area (Å²) in [6, 6.07) is 12.1. The molecule has 3 rings (SSSR count). The van der Waals surface area contributed by atoms with Gasteiger partial charge in [0.15, 0.2) is 6.17 Å². The van der Waals surface area contributed by atoms with Gasteiger partial charge in [0.2, 0.25) is 0 Å². The lowest BCUT2D eigenvalue weighted by Gasteiger charge is -2.29. The number of rotatable bonds is 8. The molecule has 4 nitrogen and oxygen atoms in total. The average Bonchev–Trinajstić information content (AvgIpc) is 3.24. The predicted molar refractivity (Wildman–Crippen MR) is 112 cm³/mol. The van der Waals surface area contributed by atoms with Crippen molar-refractivity contribution in [2.24, 2.45) is 0 Å². The molecule has 2 aromatic rings. The lowest BCUT2D eigenvalue weighted by molar-refractivity contribution is -0.274. The van der Waals surface area contributed by atoms with Gasteiger partial charge in [-0.15, -0.1) is 13.2 Å². The first kappa shape index (κ1) is 24.6. The van der Waals surface area contributed by atoms with Gasteiger partial charge in [-0.2, -0.15) is 5.26 Å². The number of halogens is 6. The van der Waals surface area contributed by atoms with Gasteiger partial charge in [-0.3, -0.25) is 0 Å². The van der Waals surface area contributed by atoms with Crippen molar-refractivity contribution in [3.05, 3.63) is 53.6 Å². The van der Waals surface area contributed by atoms with Crippen LogP contribution in [0.2, 0.25) is 0 Å². The number of nitrogen functional groups attached to an aromatic ring is 1. The van der Waals surface area contributed by atoms with Crippen LogP contribution in [0.5, 0.6) is 5.75 Å². The Bertz CT molecular complexity index is 981. The normalized spacial score (nSPS) is 16.4. The summed E-state index contributed by atoms with van der Waals surface area (Å²) in [4.78, 5) is 1.31. The molecule has 1 atom stereocenters. The van der Waals surface area contributed by atoms with E-state index in [1.165, 1.54) is 17.0 Å². The van der Waals surface area contributed by atoms with Crippen molar-refractivity contribution < 1.29 is 31.1 Å². The van der Waals surface area contributed by atoms with E-state index in [-0.39, 0.29) is 12.2 Å². The Balaban J connectivity index is 1.87. The summed E-state index contributed by atoms with van der Waals surface area (Å²) in [6.45, 7) is -0.752. The smallest absolute Gasteiger partial charge is 0.406 e. The highest BCUT2D eigenvalue weighted by Crippen LogP contribution is 2.42. The van der Waals surface area contributed by atoms with Gasteiger partial charge in [-0.25, -0.2) is 13.2 Å². The van der Waals surface area contributed by atoms with E-state index in [0.717, 1.165) is 30.5 Å². The molecule has 2 aromatic carbocycles. The maximum Gasteiger partial charge on any atom is 0.573 e. The van der Waals surface area contributed by atoms with Crippen molar-refractivity contribution >= 4 is 11.4 Å². The maximum absolute atomic E-state index is 14.0. The number of nitriles is 1. The van der Waals surface area contributed by atoms with E-state index in [4.69, 9.17) is 5.73 Å². The van der Waals surface area contributed by atoms with Crippen LogP contribution in [0.1, 0.15) is 36.8 Å². The van der Waals surface area contributed by atoms with E-state index in [1.54, 1.807) is 18.2 Å². The van der Waals surface area contributed by atoms with Gasteiger partial charge in [-0.1, -0.05) is 31.0 Å². The minimum atomic E-state index is -4.84. The van der Waals surface area contributed by atoms with E-state index in [9.17, 15) is 31.6 Å². The van der Waals surface area contributed by atoms with E-state index >= 15 is 0 Å². The van der Waals surface area contributed by atoms with E-state index in [2.05, 4.69) is 10.8 Å². The largest absolute Gasteiger partial charge is 0.573 e. The fraction of sp³-hybridized carbons (Fsp3) is 0.435. The summed E-state index contributed by atoms with van der Waals surface area (Å²) < 4.78 is 80.7. The highest BCUT2D eigenvalue weighted by Gasteiger charge is 2.36. The highest BCUT2D eigenvalue weighted by molar-refractivity contribution is 5.69. The zero-order chi connectivity index (χ0) is 24.2. The minimum Gasteiger partial charge on any atom is -0.406 e. The number of hydrogen-bond acceptors (Lipinski definition) is 4. The Hall–Kier alpha value is -3.09. The molecule has 1 saturated carbocycles. The zero-order valence-corrected chi connectivity index (χ0v) is 17.6. The van der Waals surface area contributed by atoms with Gasteiger partial charge in [0.1, 0.15) is 5.75 Å². The third-order valence-corrected chi connectivity index (χ3v) is 5.79. The molecule has 1 unspecified atom stereocenters. The first-order chi connectivity index (χ1) is 15.5. The number of anilines is 2. The maximum atomic E-state index is 14.0. The average molecular weight is 471 g/mol. The fourth-order valence-corrected chi connectivity index (χ4v) is 4.14. The molecule has 0 saturated heterocycles. The van der Waals surface area contributed by atoms with Crippen molar-refractivity contribution in [1.82, 2.24) is 0 Å². The molecule has 0 amide bonds. The molecular weight excluding hydrogens is 448 g/mol. The second-order valence-electron chi connectivity index (χ2n) is 8.10. The number of benzene rings is 2. The van der Waals surface area contributed by atoms with Crippen LogP contribution in [-0.4, -0.2) is 25.5 Å². The summed E-state index contributed by atoms with van der Waals surface area (Å²) in [7, 11) is 0. The molecule has 1 aliphatic rings. The highest BCUT2D eigenvalue weighted by atomic mass is 19.4. The van der Waals surface area contributed by atoms with Gasteiger partial charge in [0.05, 0.1) is 29.4 Å². The molecule has 2 N–H and O–H groups in total. The van der Waals surface area contributed by atoms with E-state index < -0.39 is 36.7 Å². The monoisotopic (exact) mass is 471 g/mol. The minimum absolute atomic E-state index is 0.0770. The van der Waals surface area contributed by atoms with Gasteiger partial charge in [-0.05, 0) is 48.2 Å². The van der Waals surface area contributed by atoms with Crippen molar-refractivity contribution in [2.75, 3.05) is 17.2 Å². The topological polar surface area (TPSA) is 62.3 Å². The Morgan fingerprint density at radius 2 is 1.70 bits per heavy atom. The quantitative estimate of drug-likeness (QED) is 0.373. The van der Waals surface area contributed by atoms with Crippen LogP contribution in [0.4, 0.5) is 37.7 Å². The molecule has 0 radical (unpaired) electrons. The van der Waals surface area contributed by atoms with Crippen molar-refractivity contribution in [3.8, 4) is 11.8 Å². The second-order valence-corrected chi connectivity index (χ2v) is 8.10. The van der Waals surface area contributed by atoms with Gasteiger partial charge < -0.3 is 15.4 Å². The molecule has 33 heavy (non-hydrogen) atoms. The predicted octanol–water partition coefficient (Wildman–Crippen LogP) is 6.11. The summed E-state index contributed by atoms with van der Waals surface area (Å²) >= 11 is 0. The van der Waals surface area contributed by atoms with E-state index in [0.29, 0.717) is 24.1 Å². The third-order valence-electron chi connectivity index (χ3n) is 5.79. The Kier molecular flexibility index (Phi) is 7.30. The lowest BCUT2D eigenvalue weighted by atomic mass is 9.80. The number of ether oxygens (including phenoxy) is 1. The van der Waals surface area contributed by atoms with Crippen LogP contribution in [0, 0.1) is 11.3 Å². The fourth-order valence-electron chi connectivity index (χ4n) is 4.14. The molecule has 0 aromatic heterocycles. The Labute approximate surface area is 187 Å². The molecule has 0 bridgehead atoms. The van der Waals surface area contributed by atoms with Crippen LogP contribution >= 0.6 is 0 Å². The van der Waals surface area contributed by atoms with Crippen LogP contribution < -0.4 is 15.4 Å². The Morgan fingerprint density at radius 1 is 1.06 bits per heavy atom. The summed E-state index contributed by atoms with van der Waals surface area (Å²) in [5.74, 6) is -0.434. The van der Waals surface area contributed by atoms with Crippen molar-refractivity contribution in [1.29, 1.82) is 5.26 Å². The van der Waals surface area contributed by atoms with Gasteiger partial charge in [0, 0.05) is 6.54 Å². The third kappa shape index (κ3) is 6.03. The number of nitrogens with two attached hydrogens (primary N) is 1. The second kappa shape index (κ2) is 9.81. The summed E-state index contributed by atoms with van der Waals surface area (Å²) in [5.41, 5.74) is 7.21. The lowest BCUT2D eigenvalue weighted by Crippen LogP contribution is -2.34. The van der Waals surface area contributed by atoms with Crippen LogP contribution in [0.15, 0.2) is 42.5 Å². The molecule has 10 heteroatoms. The first-order valence-corrected chi connectivity index (χ1v) is 10.4. The van der Waals surface area contributed by atoms with Crippen LogP contribution in [-0.2, 0) is 12.0 Å². The van der Waals surface area contributed by atoms with Crippen molar-refractivity contribution in [2.45, 2.75) is 56.6 Å².